The number of nitrogens with one attached hydrogen (secondary N) is 1. The molecule has 0 bridgehead atoms. The number of halogens is 3. The quantitative estimate of drug-likeness (QED) is 0.241. The number of nitrogens with two attached hydrogens (primary N) is 1. The Hall–Kier alpha value is -4.15. The molecule has 0 aromatic heterocycles. The Bertz CT molecular complexity index is 1190. The smallest absolute Gasteiger partial charge is 0.398 e. The van der Waals surface area contributed by atoms with E-state index in [0.717, 1.165) is 29.8 Å². The van der Waals surface area contributed by atoms with Crippen LogP contribution in [-0.2, 0) is 27.3 Å². The van der Waals surface area contributed by atoms with Crippen LogP contribution in [-0.4, -0.2) is 37.3 Å². The first kappa shape index (κ1) is 27.1. The minimum atomic E-state index is -4.57. The number of carbonyl (C=O) groups excluding carboxylic acids is 2. The molecule has 0 fully saturated rings. The molecule has 0 aliphatic rings. The summed E-state index contributed by atoms with van der Waals surface area (Å²) >= 11 is 0. The van der Waals surface area contributed by atoms with Crippen LogP contribution in [0.1, 0.15) is 39.5 Å². The summed E-state index contributed by atoms with van der Waals surface area (Å²) in [5.41, 5.74) is 6.77. The summed E-state index contributed by atoms with van der Waals surface area (Å²) in [5, 5.41) is 10.2. The van der Waals surface area contributed by atoms with E-state index in [4.69, 9.17) is 15.4 Å². The summed E-state index contributed by atoms with van der Waals surface area (Å²) in [6, 6.07) is 9.26. The molecule has 0 atom stereocenters. The molecule has 8 nitrogen and oxygen atoms in total. The van der Waals surface area contributed by atoms with Crippen LogP contribution in [0.3, 0.4) is 0 Å². The third-order valence-electron chi connectivity index (χ3n) is 4.88. The van der Waals surface area contributed by atoms with E-state index in [2.05, 4.69) is 15.6 Å². The number of ketones is 1. The Balaban J connectivity index is 2.22. The Kier molecular flexibility index (Phi) is 9.15. The lowest BCUT2D eigenvalue weighted by Gasteiger charge is -2.13. The lowest BCUT2D eigenvalue weighted by molar-refractivity contribution is -0.137. The fraction of sp³-hybridized carbons (Fsp3) is 0.250. The van der Waals surface area contributed by atoms with Gasteiger partial charge < -0.3 is 20.7 Å². The van der Waals surface area contributed by atoms with Gasteiger partial charge in [-0.15, -0.1) is 0 Å². The second-order valence-electron chi connectivity index (χ2n) is 7.30. The maximum absolute atomic E-state index is 12.9. The summed E-state index contributed by atoms with van der Waals surface area (Å²) in [5.74, 6) is -1.17. The van der Waals surface area contributed by atoms with Crippen LogP contribution in [0.2, 0.25) is 0 Å². The normalized spacial score (nSPS) is 12.8. The minimum Gasteiger partial charge on any atom is -0.398 e. The largest absolute Gasteiger partial charge is 0.416 e. The van der Waals surface area contributed by atoms with Crippen molar-refractivity contribution in [1.82, 2.24) is 5.32 Å². The van der Waals surface area contributed by atoms with E-state index in [9.17, 15) is 22.8 Å². The highest BCUT2D eigenvalue weighted by molar-refractivity contribution is 6.45. The highest BCUT2D eigenvalue weighted by atomic mass is 19.4. The molecule has 1 amide bonds. The van der Waals surface area contributed by atoms with E-state index in [1.54, 1.807) is 12.1 Å². The average molecular weight is 490 g/mol. The Labute approximate surface area is 200 Å². The second-order valence-corrected chi connectivity index (χ2v) is 7.30. The number of nitrogens with zero attached hydrogens (tertiary/aromatic N) is 2. The van der Waals surface area contributed by atoms with Crippen molar-refractivity contribution in [1.29, 1.82) is 0 Å². The van der Waals surface area contributed by atoms with Gasteiger partial charge in [0.05, 0.1) is 17.0 Å². The summed E-state index contributed by atoms with van der Waals surface area (Å²) in [7, 11) is 2.78. The Morgan fingerprint density at radius 1 is 1.14 bits per heavy atom. The van der Waals surface area contributed by atoms with Crippen LogP contribution in [0, 0.1) is 6.92 Å². The third-order valence-corrected chi connectivity index (χ3v) is 4.88. The zero-order valence-corrected chi connectivity index (χ0v) is 19.6. The molecular formula is C24H25F3N4O4. The molecule has 2 rings (SSSR count). The van der Waals surface area contributed by atoms with Crippen LogP contribution in [0.15, 0.2) is 64.5 Å². The first-order valence-electron chi connectivity index (χ1n) is 10.3. The van der Waals surface area contributed by atoms with E-state index in [0.29, 0.717) is 11.1 Å². The molecule has 0 saturated carbocycles. The molecule has 0 spiro atoms. The van der Waals surface area contributed by atoms with Gasteiger partial charge in [-0.3, -0.25) is 9.59 Å². The second kappa shape index (κ2) is 11.8. The van der Waals surface area contributed by atoms with Crippen LogP contribution < -0.4 is 11.1 Å². The van der Waals surface area contributed by atoms with Crippen LogP contribution in [0.5, 0.6) is 0 Å². The molecule has 0 aliphatic carbocycles. The SMILES string of the molecule is CNC(=O)/C(=N/OC)c1cccc(C)c1CO/N=C(\C)C(N)=CC(=O)c1cccc(C(F)(F)F)c1. The van der Waals surface area contributed by atoms with Gasteiger partial charge in [-0.1, -0.05) is 40.6 Å². The van der Waals surface area contributed by atoms with Gasteiger partial charge in [-0.05, 0) is 31.5 Å². The number of alkyl halides is 3. The molecule has 2 aromatic rings. The molecule has 0 aliphatic heterocycles. The van der Waals surface area contributed by atoms with E-state index in [1.807, 2.05) is 13.0 Å². The van der Waals surface area contributed by atoms with Crippen molar-refractivity contribution in [2.75, 3.05) is 14.2 Å². The zero-order chi connectivity index (χ0) is 26.2. The lowest BCUT2D eigenvalue weighted by atomic mass is 9.98. The first-order chi connectivity index (χ1) is 16.5. The fourth-order valence-electron chi connectivity index (χ4n) is 2.96. The van der Waals surface area contributed by atoms with Gasteiger partial charge in [0.25, 0.3) is 5.91 Å². The molecule has 186 valence electrons. The van der Waals surface area contributed by atoms with E-state index < -0.39 is 23.4 Å². The van der Waals surface area contributed by atoms with Crippen molar-refractivity contribution in [2.45, 2.75) is 26.6 Å². The van der Waals surface area contributed by atoms with Crippen molar-refractivity contribution in [3.05, 3.63) is 82.1 Å². The maximum atomic E-state index is 12.9. The highest BCUT2D eigenvalue weighted by Gasteiger charge is 2.30. The van der Waals surface area contributed by atoms with Crippen molar-refractivity contribution < 1.29 is 32.4 Å². The molecule has 35 heavy (non-hydrogen) atoms. The number of carbonyl (C=O) groups is 2. The Morgan fingerprint density at radius 2 is 1.83 bits per heavy atom. The van der Waals surface area contributed by atoms with Gasteiger partial charge in [0.2, 0.25) is 0 Å². The number of rotatable bonds is 9. The molecule has 2 aromatic carbocycles. The van der Waals surface area contributed by atoms with Gasteiger partial charge in [-0.2, -0.15) is 13.2 Å². The zero-order valence-electron chi connectivity index (χ0n) is 19.6. The number of hydrogen-bond acceptors (Lipinski definition) is 7. The van der Waals surface area contributed by atoms with Crippen molar-refractivity contribution in [3.8, 4) is 0 Å². The summed E-state index contributed by atoms with van der Waals surface area (Å²) in [6.07, 6.45) is -3.59. The number of likely N-dealkylation sites (N-methyl/N-ethyl adjacent to an activating group) is 1. The van der Waals surface area contributed by atoms with E-state index in [-0.39, 0.29) is 29.3 Å². The monoisotopic (exact) mass is 490 g/mol. The Morgan fingerprint density at radius 3 is 2.46 bits per heavy atom. The van der Waals surface area contributed by atoms with Gasteiger partial charge >= 0.3 is 6.18 Å². The summed E-state index contributed by atoms with van der Waals surface area (Å²) in [4.78, 5) is 34.8. The number of benzene rings is 2. The van der Waals surface area contributed by atoms with Crippen LogP contribution in [0.25, 0.3) is 0 Å². The number of hydrogen-bond donors (Lipinski definition) is 2. The summed E-state index contributed by atoms with van der Waals surface area (Å²) in [6.45, 7) is 3.23. The lowest BCUT2D eigenvalue weighted by Crippen LogP contribution is -2.29. The average Bonchev–Trinajstić information content (AvgIpc) is 2.82. The van der Waals surface area contributed by atoms with Crippen LogP contribution in [0.4, 0.5) is 13.2 Å². The topological polar surface area (TPSA) is 115 Å². The van der Waals surface area contributed by atoms with E-state index >= 15 is 0 Å². The minimum absolute atomic E-state index is 0.0455. The van der Waals surface area contributed by atoms with Gasteiger partial charge in [0, 0.05) is 29.8 Å². The highest BCUT2D eigenvalue weighted by Crippen LogP contribution is 2.29. The van der Waals surface area contributed by atoms with Gasteiger partial charge in [0.15, 0.2) is 11.5 Å². The number of oxime groups is 2. The number of amides is 1. The molecule has 0 radical (unpaired) electrons. The molecule has 0 saturated heterocycles. The predicted molar refractivity (Wildman–Crippen MR) is 125 cm³/mol. The first-order valence-corrected chi connectivity index (χ1v) is 10.3. The molecule has 3 N–H and O–H groups in total. The van der Waals surface area contributed by atoms with Crippen LogP contribution >= 0.6 is 0 Å². The fourth-order valence-corrected chi connectivity index (χ4v) is 2.96. The van der Waals surface area contributed by atoms with Gasteiger partial charge in [-0.25, -0.2) is 0 Å². The molecular weight excluding hydrogens is 465 g/mol. The van der Waals surface area contributed by atoms with Crippen molar-refractivity contribution in [3.63, 3.8) is 0 Å². The molecule has 11 heteroatoms. The molecule has 0 unspecified atom stereocenters. The van der Waals surface area contributed by atoms with Crippen molar-refractivity contribution in [2.24, 2.45) is 16.0 Å². The van der Waals surface area contributed by atoms with E-state index in [1.165, 1.54) is 27.1 Å². The maximum Gasteiger partial charge on any atom is 0.416 e. The molecule has 0 heterocycles. The standard InChI is InChI=1S/C24H25F3N4O4/c1-14-7-5-10-18(22(31-34-4)23(33)29-3)19(14)13-35-30-15(2)20(28)12-21(32)16-8-6-9-17(11-16)24(25,26)27/h5-12H,13,28H2,1-4H3,(H,29,33)/b20-12?,30-15+,31-22+. The van der Waals surface area contributed by atoms with Crippen molar-refractivity contribution >= 4 is 23.1 Å². The predicted octanol–water partition coefficient (Wildman–Crippen LogP) is 3.73. The number of allylic oxidation sites excluding steroid dienone is 2. The van der Waals surface area contributed by atoms with Gasteiger partial charge in [0.1, 0.15) is 13.7 Å². The third kappa shape index (κ3) is 7.16. The number of aryl methyl sites for hydroxylation is 1. The summed E-state index contributed by atoms with van der Waals surface area (Å²) < 4.78 is 38.7.